The van der Waals surface area contributed by atoms with Crippen molar-refractivity contribution in [2.75, 3.05) is 13.1 Å². The van der Waals surface area contributed by atoms with E-state index in [1.807, 2.05) is 11.0 Å². The summed E-state index contributed by atoms with van der Waals surface area (Å²) in [5, 5.41) is 8.71. The molecular formula is C15H21N3O. The van der Waals surface area contributed by atoms with Gasteiger partial charge in [0.2, 0.25) is 0 Å². The van der Waals surface area contributed by atoms with Crippen LogP contribution in [0.15, 0.2) is 18.3 Å². The SMILES string of the molecule is CC(C)CN(CC(C)C)C(=O)c1ccc(C#N)nc1. The first-order chi connectivity index (χ1) is 8.93. The second-order valence-electron chi connectivity index (χ2n) is 5.54. The number of amides is 1. The number of carbonyl (C=O) groups is 1. The van der Waals surface area contributed by atoms with Crippen molar-refractivity contribution >= 4 is 5.91 Å². The van der Waals surface area contributed by atoms with Gasteiger partial charge in [-0.05, 0) is 24.0 Å². The van der Waals surface area contributed by atoms with Crippen molar-refractivity contribution in [3.63, 3.8) is 0 Å². The van der Waals surface area contributed by atoms with Crippen molar-refractivity contribution in [2.45, 2.75) is 27.7 Å². The molecule has 0 saturated heterocycles. The quantitative estimate of drug-likeness (QED) is 0.817. The van der Waals surface area contributed by atoms with Crippen LogP contribution in [0.25, 0.3) is 0 Å². The predicted molar refractivity (Wildman–Crippen MR) is 74.5 cm³/mol. The molecule has 0 fully saturated rings. The molecule has 1 aromatic heterocycles. The van der Waals surface area contributed by atoms with Gasteiger partial charge in [-0.15, -0.1) is 0 Å². The molecule has 0 unspecified atom stereocenters. The molecular weight excluding hydrogens is 238 g/mol. The third-order valence-corrected chi connectivity index (χ3v) is 2.58. The smallest absolute Gasteiger partial charge is 0.255 e. The highest BCUT2D eigenvalue weighted by Gasteiger charge is 2.18. The Morgan fingerprint density at radius 1 is 1.26 bits per heavy atom. The molecule has 1 rings (SSSR count). The Kier molecular flexibility index (Phi) is 5.50. The van der Waals surface area contributed by atoms with E-state index in [0.29, 0.717) is 23.1 Å². The molecule has 0 aliphatic carbocycles. The van der Waals surface area contributed by atoms with Crippen LogP contribution in [0, 0.1) is 23.2 Å². The minimum atomic E-state index is -0.0145. The zero-order valence-electron chi connectivity index (χ0n) is 12.1. The molecule has 0 aromatic carbocycles. The fourth-order valence-corrected chi connectivity index (χ4v) is 1.89. The Hall–Kier alpha value is -1.89. The van der Waals surface area contributed by atoms with Gasteiger partial charge in [0.1, 0.15) is 11.8 Å². The Bertz CT molecular complexity index is 447. The van der Waals surface area contributed by atoms with Crippen LogP contribution in [0.4, 0.5) is 0 Å². The summed E-state index contributed by atoms with van der Waals surface area (Å²) < 4.78 is 0. The Morgan fingerprint density at radius 2 is 1.84 bits per heavy atom. The summed E-state index contributed by atoms with van der Waals surface area (Å²) in [4.78, 5) is 18.2. The highest BCUT2D eigenvalue weighted by Crippen LogP contribution is 2.10. The van der Waals surface area contributed by atoms with Crippen molar-refractivity contribution in [3.8, 4) is 6.07 Å². The third-order valence-electron chi connectivity index (χ3n) is 2.58. The van der Waals surface area contributed by atoms with Gasteiger partial charge in [-0.3, -0.25) is 4.79 Å². The van der Waals surface area contributed by atoms with Crippen molar-refractivity contribution in [3.05, 3.63) is 29.6 Å². The summed E-state index contributed by atoms with van der Waals surface area (Å²) in [6.45, 7) is 9.85. The van der Waals surface area contributed by atoms with E-state index >= 15 is 0 Å². The summed E-state index contributed by atoms with van der Waals surface area (Å²) in [6.07, 6.45) is 1.48. The minimum absolute atomic E-state index is 0.0145. The number of rotatable bonds is 5. The first-order valence-electron chi connectivity index (χ1n) is 6.59. The van der Waals surface area contributed by atoms with Crippen LogP contribution in [0.5, 0.6) is 0 Å². The highest BCUT2D eigenvalue weighted by atomic mass is 16.2. The molecule has 4 nitrogen and oxygen atoms in total. The van der Waals surface area contributed by atoms with E-state index in [9.17, 15) is 4.79 Å². The van der Waals surface area contributed by atoms with Crippen molar-refractivity contribution in [1.29, 1.82) is 5.26 Å². The summed E-state index contributed by atoms with van der Waals surface area (Å²) in [5.41, 5.74) is 0.871. The van der Waals surface area contributed by atoms with Gasteiger partial charge in [-0.1, -0.05) is 27.7 Å². The molecule has 0 N–H and O–H groups in total. The third kappa shape index (κ3) is 4.70. The van der Waals surface area contributed by atoms with E-state index in [1.165, 1.54) is 6.20 Å². The molecule has 19 heavy (non-hydrogen) atoms. The van der Waals surface area contributed by atoms with E-state index in [0.717, 1.165) is 13.1 Å². The van der Waals surface area contributed by atoms with E-state index in [2.05, 4.69) is 32.7 Å². The monoisotopic (exact) mass is 259 g/mol. The highest BCUT2D eigenvalue weighted by molar-refractivity contribution is 5.94. The van der Waals surface area contributed by atoms with Crippen LogP contribution in [0.1, 0.15) is 43.7 Å². The fourth-order valence-electron chi connectivity index (χ4n) is 1.89. The van der Waals surface area contributed by atoms with Gasteiger partial charge in [0.05, 0.1) is 5.56 Å². The second-order valence-corrected chi connectivity index (χ2v) is 5.54. The maximum Gasteiger partial charge on any atom is 0.255 e. The maximum absolute atomic E-state index is 12.4. The predicted octanol–water partition coefficient (Wildman–Crippen LogP) is 2.71. The number of carbonyl (C=O) groups excluding carboxylic acids is 1. The van der Waals surface area contributed by atoms with Crippen molar-refractivity contribution < 1.29 is 4.79 Å². The molecule has 1 heterocycles. The van der Waals surface area contributed by atoms with Gasteiger partial charge in [0.15, 0.2) is 0 Å². The van der Waals surface area contributed by atoms with Gasteiger partial charge < -0.3 is 4.90 Å². The summed E-state index contributed by atoms with van der Waals surface area (Å²) in [7, 11) is 0. The Balaban J connectivity index is 2.88. The number of hydrogen-bond acceptors (Lipinski definition) is 3. The fraction of sp³-hybridized carbons (Fsp3) is 0.533. The first-order valence-corrected chi connectivity index (χ1v) is 6.59. The summed E-state index contributed by atoms with van der Waals surface area (Å²) in [5.74, 6) is 0.836. The first kappa shape index (κ1) is 15.2. The normalized spacial score (nSPS) is 10.6. The molecule has 0 aliphatic heterocycles. The zero-order valence-corrected chi connectivity index (χ0v) is 12.1. The lowest BCUT2D eigenvalue weighted by molar-refractivity contribution is 0.0714. The van der Waals surface area contributed by atoms with E-state index in [1.54, 1.807) is 12.1 Å². The lowest BCUT2D eigenvalue weighted by Crippen LogP contribution is -2.37. The summed E-state index contributed by atoms with van der Waals surface area (Å²) >= 11 is 0. The molecule has 0 atom stereocenters. The molecule has 4 heteroatoms. The number of nitriles is 1. The van der Waals surface area contributed by atoms with E-state index < -0.39 is 0 Å². The van der Waals surface area contributed by atoms with Gasteiger partial charge in [-0.25, -0.2) is 4.98 Å². The number of hydrogen-bond donors (Lipinski definition) is 0. The van der Waals surface area contributed by atoms with Crippen LogP contribution in [-0.2, 0) is 0 Å². The largest absolute Gasteiger partial charge is 0.338 e. The average Bonchev–Trinajstić information content (AvgIpc) is 2.36. The Morgan fingerprint density at radius 3 is 2.21 bits per heavy atom. The van der Waals surface area contributed by atoms with Crippen LogP contribution in [0.2, 0.25) is 0 Å². The number of nitrogens with zero attached hydrogens (tertiary/aromatic N) is 3. The average molecular weight is 259 g/mol. The number of pyridine rings is 1. The number of aromatic nitrogens is 1. The minimum Gasteiger partial charge on any atom is -0.338 e. The molecule has 102 valence electrons. The maximum atomic E-state index is 12.4. The van der Waals surface area contributed by atoms with Crippen LogP contribution >= 0.6 is 0 Å². The lowest BCUT2D eigenvalue weighted by Gasteiger charge is -2.26. The zero-order chi connectivity index (χ0) is 14.4. The topological polar surface area (TPSA) is 57.0 Å². The standard InChI is InChI=1S/C15H21N3O/c1-11(2)9-18(10-12(3)4)15(19)13-5-6-14(7-16)17-8-13/h5-6,8,11-12H,9-10H2,1-4H3. The Labute approximate surface area is 115 Å². The van der Waals surface area contributed by atoms with Crippen molar-refractivity contribution in [1.82, 2.24) is 9.88 Å². The van der Waals surface area contributed by atoms with E-state index in [4.69, 9.17) is 5.26 Å². The molecule has 1 amide bonds. The molecule has 0 radical (unpaired) electrons. The van der Waals surface area contributed by atoms with Gasteiger partial charge >= 0.3 is 0 Å². The molecule has 1 aromatic rings. The van der Waals surface area contributed by atoms with Gasteiger partial charge in [0, 0.05) is 19.3 Å². The summed E-state index contributed by atoms with van der Waals surface area (Å²) in [6, 6.07) is 5.20. The van der Waals surface area contributed by atoms with Crippen LogP contribution in [-0.4, -0.2) is 28.9 Å². The molecule has 0 spiro atoms. The lowest BCUT2D eigenvalue weighted by atomic mass is 10.1. The van der Waals surface area contributed by atoms with E-state index in [-0.39, 0.29) is 5.91 Å². The van der Waals surface area contributed by atoms with Crippen LogP contribution < -0.4 is 0 Å². The molecule has 0 bridgehead atoms. The molecule has 0 saturated carbocycles. The van der Waals surface area contributed by atoms with Crippen molar-refractivity contribution in [2.24, 2.45) is 11.8 Å². The van der Waals surface area contributed by atoms with Gasteiger partial charge in [-0.2, -0.15) is 5.26 Å². The van der Waals surface area contributed by atoms with Crippen LogP contribution in [0.3, 0.4) is 0 Å². The second kappa shape index (κ2) is 6.89. The molecule has 0 aliphatic rings. The van der Waals surface area contributed by atoms with Gasteiger partial charge in [0.25, 0.3) is 5.91 Å².